The number of Topliss-reactive ketones (excluding diaryl/α,β-unsaturated/α-hetero) is 2. The molecule has 7 heteroatoms. The van der Waals surface area contributed by atoms with Crippen molar-refractivity contribution >= 4 is 23.4 Å². The van der Waals surface area contributed by atoms with Crippen LogP contribution in [0.1, 0.15) is 40.0 Å². The van der Waals surface area contributed by atoms with Gasteiger partial charge in [0.2, 0.25) is 0 Å². The fraction of sp³-hybridized carbons (Fsp3) is 0.412. The van der Waals surface area contributed by atoms with Gasteiger partial charge in [-0.1, -0.05) is 0 Å². The van der Waals surface area contributed by atoms with Gasteiger partial charge < -0.3 is 10.1 Å². The van der Waals surface area contributed by atoms with Gasteiger partial charge in [0.25, 0.3) is 11.8 Å². The largest absolute Gasteiger partial charge is 0.488 e. The molecular weight excluding hydrogens is 312 g/mol. The van der Waals surface area contributed by atoms with Crippen LogP contribution in [0.4, 0.5) is 0 Å². The van der Waals surface area contributed by atoms with E-state index in [2.05, 4.69) is 5.32 Å². The van der Waals surface area contributed by atoms with Crippen molar-refractivity contribution in [3.05, 3.63) is 29.3 Å². The molecule has 2 heterocycles. The minimum absolute atomic E-state index is 0.0669. The number of nitrogens with zero attached hydrogens (tertiary/aromatic N) is 1. The van der Waals surface area contributed by atoms with Crippen molar-refractivity contribution in [3.8, 4) is 5.75 Å². The lowest BCUT2D eigenvalue weighted by atomic mass is 9.92. The summed E-state index contributed by atoms with van der Waals surface area (Å²) in [5.41, 5.74) is 0.540. The van der Waals surface area contributed by atoms with Crippen LogP contribution in [0.25, 0.3) is 0 Å². The number of carbonyl (C=O) groups is 4. The number of benzene rings is 1. The average Bonchev–Trinajstić information content (AvgIpc) is 2.75. The van der Waals surface area contributed by atoms with Crippen molar-refractivity contribution in [1.29, 1.82) is 0 Å². The molecule has 0 bridgehead atoms. The van der Waals surface area contributed by atoms with Crippen molar-refractivity contribution in [1.82, 2.24) is 10.2 Å². The highest BCUT2D eigenvalue weighted by Gasteiger charge is 2.44. The van der Waals surface area contributed by atoms with E-state index in [0.29, 0.717) is 5.75 Å². The Kier molecular flexibility index (Phi) is 3.45. The summed E-state index contributed by atoms with van der Waals surface area (Å²) in [6.45, 7) is 1.50. The first kappa shape index (κ1) is 15.0. The molecule has 1 N–H and O–H groups in total. The van der Waals surface area contributed by atoms with E-state index in [-0.39, 0.29) is 48.1 Å². The Morgan fingerprint density at radius 1 is 1.04 bits per heavy atom. The van der Waals surface area contributed by atoms with Gasteiger partial charge in [-0.25, -0.2) is 0 Å². The first-order valence-corrected chi connectivity index (χ1v) is 7.98. The number of ketones is 2. The van der Waals surface area contributed by atoms with E-state index < -0.39 is 17.9 Å². The highest BCUT2D eigenvalue weighted by Crippen LogP contribution is 2.31. The molecule has 7 nitrogen and oxygen atoms in total. The topological polar surface area (TPSA) is 92.8 Å². The van der Waals surface area contributed by atoms with Gasteiger partial charge in [0.05, 0.1) is 23.6 Å². The predicted molar refractivity (Wildman–Crippen MR) is 81.9 cm³/mol. The Hall–Kier alpha value is -2.54. The Balaban J connectivity index is 1.60. The smallest absolute Gasteiger partial charge is 0.262 e. The van der Waals surface area contributed by atoms with Crippen LogP contribution in [0, 0.1) is 0 Å². The van der Waals surface area contributed by atoms with Crippen LogP contribution in [0.15, 0.2) is 18.2 Å². The number of carbonyl (C=O) groups excluding carboxylic acids is 4. The quantitative estimate of drug-likeness (QED) is 0.635. The minimum atomic E-state index is -0.838. The molecule has 2 aliphatic heterocycles. The predicted octanol–water partition coefficient (Wildman–Crippen LogP) is 0.324. The van der Waals surface area contributed by atoms with Gasteiger partial charge in [0, 0.05) is 19.5 Å². The second kappa shape index (κ2) is 5.52. The summed E-state index contributed by atoms with van der Waals surface area (Å²) in [5, 5.41) is 3.09. The molecule has 2 amide bonds. The van der Waals surface area contributed by atoms with Gasteiger partial charge in [-0.3, -0.25) is 24.1 Å². The van der Waals surface area contributed by atoms with Gasteiger partial charge in [0.1, 0.15) is 17.6 Å². The number of imide groups is 1. The van der Waals surface area contributed by atoms with Crippen LogP contribution in [0.3, 0.4) is 0 Å². The number of rotatable bonds is 3. The number of amides is 2. The summed E-state index contributed by atoms with van der Waals surface area (Å²) in [6, 6.07) is 3.95. The molecule has 3 aliphatic rings. The minimum Gasteiger partial charge on any atom is -0.488 e. The first-order chi connectivity index (χ1) is 11.5. The van der Waals surface area contributed by atoms with Gasteiger partial charge in [-0.2, -0.15) is 0 Å². The summed E-state index contributed by atoms with van der Waals surface area (Å²) in [4.78, 5) is 49.7. The Morgan fingerprint density at radius 3 is 2.46 bits per heavy atom. The standard InChI is InChI=1S/C17H16N2O5/c20-9-1-4-14(15(21)5-9)19-16(22)12-3-2-10(6-13(12)17(19)23)24-11-7-18-8-11/h2-3,6,11,14,18H,1,4-5,7-8H2. The van der Waals surface area contributed by atoms with Crippen LogP contribution in [-0.4, -0.2) is 53.5 Å². The molecule has 1 aliphatic carbocycles. The molecule has 2 fully saturated rings. The zero-order valence-corrected chi connectivity index (χ0v) is 12.9. The first-order valence-electron chi connectivity index (χ1n) is 7.98. The lowest BCUT2D eigenvalue weighted by molar-refractivity contribution is -0.132. The maximum absolute atomic E-state index is 12.7. The molecule has 4 rings (SSSR count). The third-order valence-corrected chi connectivity index (χ3v) is 4.69. The molecule has 1 saturated carbocycles. The van der Waals surface area contributed by atoms with E-state index in [0.717, 1.165) is 18.0 Å². The summed E-state index contributed by atoms with van der Waals surface area (Å²) >= 11 is 0. The second-order valence-electron chi connectivity index (χ2n) is 6.32. The summed E-state index contributed by atoms with van der Waals surface area (Å²) in [5.74, 6) is -0.928. The van der Waals surface area contributed by atoms with E-state index in [1.807, 2.05) is 0 Å². The lowest BCUT2D eigenvalue weighted by Gasteiger charge is -2.28. The van der Waals surface area contributed by atoms with Gasteiger partial charge in [0.15, 0.2) is 5.78 Å². The third-order valence-electron chi connectivity index (χ3n) is 4.69. The lowest BCUT2D eigenvalue weighted by Crippen LogP contribution is -2.50. The van der Waals surface area contributed by atoms with Gasteiger partial charge >= 0.3 is 0 Å². The number of nitrogens with one attached hydrogen (secondary N) is 1. The van der Waals surface area contributed by atoms with Crippen LogP contribution in [0.2, 0.25) is 0 Å². The molecule has 1 aromatic rings. The number of ether oxygens (including phenoxy) is 1. The fourth-order valence-corrected chi connectivity index (χ4v) is 3.27. The van der Waals surface area contributed by atoms with E-state index in [1.54, 1.807) is 18.2 Å². The molecular formula is C17H16N2O5. The molecule has 1 aromatic carbocycles. The summed E-state index contributed by atoms with van der Waals surface area (Å²) in [7, 11) is 0. The average molecular weight is 328 g/mol. The normalized spacial score (nSPS) is 24.2. The highest BCUT2D eigenvalue weighted by atomic mass is 16.5. The Labute approximate surface area is 137 Å². The van der Waals surface area contributed by atoms with E-state index >= 15 is 0 Å². The molecule has 0 aromatic heterocycles. The van der Waals surface area contributed by atoms with Crippen molar-refractivity contribution < 1.29 is 23.9 Å². The molecule has 124 valence electrons. The molecule has 1 saturated heterocycles. The fourth-order valence-electron chi connectivity index (χ4n) is 3.27. The zero-order chi connectivity index (χ0) is 16.8. The SMILES string of the molecule is O=C1CCC(N2C(=O)c3ccc(OC4CNC4)cc3C2=O)C(=O)C1. The van der Waals surface area contributed by atoms with Crippen LogP contribution in [-0.2, 0) is 9.59 Å². The Bertz CT molecular complexity index is 768. The van der Waals surface area contributed by atoms with Crippen LogP contribution < -0.4 is 10.1 Å². The molecule has 24 heavy (non-hydrogen) atoms. The monoisotopic (exact) mass is 328 g/mol. The van der Waals surface area contributed by atoms with Crippen molar-refractivity contribution in [2.75, 3.05) is 13.1 Å². The summed E-state index contributed by atoms with van der Waals surface area (Å²) in [6.07, 6.45) is 0.283. The Morgan fingerprint density at radius 2 is 1.79 bits per heavy atom. The van der Waals surface area contributed by atoms with Gasteiger partial charge in [-0.15, -0.1) is 0 Å². The number of hydrogen-bond acceptors (Lipinski definition) is 6. The van der Waals surface area contributed by atoms with E-state index in [1.165, 1.54) is 0 Å². The summed E-state index contributed by atoms with van der Waals surface area (Å²) < 4.78 is 5.72. The van der Waals surface area contributed by atoms with E-state index in [9.17, 15) is 19.2 Å². The van der Waals surface area contributed by atoms with Gasteiger partial charge in [-0.05, 0) is 24.6 Å². The molecule has 1 unspecified atom stereocenters. The van der Waals surface area contributed by atoms with Crippen molar-refractivity contribution in [2.45, 2.75) is 31.4 Å². The van der Waals surface area contributed by atoms with E-state index in [4.69, 9.17) is 4.74 Å². The molecule has 0 spiro atoms. The maximum Gasteiger partial charge on any atom is 0.262 e. The number of hydrogen-bond donors (Lipinski definition) is 1. The maximum atomic E-state index is 12.7. The zero-order valence-electron chi connectivity index (χ0n) is 12.9. The second-order valence-corrected chi connectivity index (χ2v) is 6.32. The van der Waals surface area contributed by atoms with Crippen molar-refractivity contribution in [3.63, 3.8) is 0 Å². The number of fused-ring (bicyclic) bond motifs is 1. The molecule has 1 atom stereocenters. The highest BCUT2D eigenvalue weighted by molar-refractivity contribution is 6.23. The van der Waals surface area contributed by atoms with Crippen LogP contribution in [0.5, 0.6) is 5.75 Å². The molecule has 0 radical (unpaired) electrons. The van der Waals surface area contributed by atoms with Crippen molar-refractivity contribution in [2.24, 2.45) is 0 Å². The van der Waals surface area contributed by atoms with Crippen LogP contribution >= 0.6 is 0 Å². The third kappa shape index (κ3) is 2.32.